The lowest BCUT2D eigenvalue weighted by molar-refractivity contribution is 0.0205. The Balaban J connectivity index is 2.61. The molecule has 1 aromatic rings. The predicted octanol–water partition coefficient (Wildman–Crippen LogP) is 3.96. The molecule has 0 saturated carbocycles. The highest BCUT2D eigenvalue weighted by Gasteiger charge is 2.20. The summed E-state index contributed by atoms with van der Waals surface area (Å²) in [6, 6.07) is 7.90. The molecule has 1 rings (SSSR count). The predicted molar refractivity (Wildman–Crippen MR) is 95.8 cm³/mol. The molecule has 7 heteroatoms. The molecule has 26 heavy (non-hydrogen) atoms. The third kappa shape index (κ3) is 8.92. The Kier molecular flexibility index (Phi) is 7.01. The largest absolute Gasteiger partial charge is 0.514 e. The summed E-state index contributed by atoms with van der Waals surface area (Å²) >= 11 is 0. The maximum Gasteiger partial charge on any atom is 0.514 e. The summed E-state index contributed by atoms with van der Waals surface area (Å²) in [6.07, 6.45) is -1.14. The second kappa shape index (κ2) is 8.56. The molecule has 1 atom stereocenters. The van der Waals surface area contributed by atoms with E-state index >= 15 is 0 Å². The zero-order valence-corrected chi connectivity index (χ0v) is 16.1. The number of carbonyl (C=O) groups is 2. The number of hydrogen-bond donors (Lipinski definition) is 1. The van der Waals surface area contributed by atoms with Gasteiger partial charge in [-0.25, -0.2) is 9.59 Å². The van der Waals surface area contributed by atoms with Crippen molar-refractivity contribution in [3.63, 3.8) is 0 Å². The highest BCUT2D eigenvalue weighted by Crippen LogP contribution is 2.16. The molecule has 142 valence electrons. The Bertz CT molecular complexity index is 663. The summed E-state index contributed by atoms with van der Waals surface area (Å²) in [7, 11) is 0. The van der Waals surface area contributed by atoms with Crippen LogP contribution in [0.5, 0.6) is 5.75 Å². The van der Waals surface area contributed by atoms with Gasteiger partial charge in [0.05, 0.1) is 6.07 Å². The lowest BCUT2D eigenvalue weighted by Gasteiger charge is -2.21. The number of hydrogen-bond acceptors (Lipinski definition) is 6. The molecule has 0 spiro atoms. The van der Waals surface area contributed by atoms with Crippen LogP contribution < -0.4 is 10.1 Å². The monoisotopic (exact) mass is 362 g/mol. The molecule has 7 nitrogen and oxygen atoms in total. The van der Waals surface area contributed by atoms with Crippen molar-refractivity contribution in [3.05, 3.63) is 29.8 Å². The first-order chi connectivity index (χ1) is 11.9. The molecule has 0 radical (unpaired) electrons. The quantitative estimate of drug-likeness (QED) is 0.643. The fraction of sp³-hybridized carbons (Fsp3) is 0.526. The minimum atomic E-state index is -0.785. The Labute approximate surface area is 154 Å². The zero-order chi connectivity index (χ0) is 20.0. The number of amides is 1. The van der Waals surface area contributed by atoms with Crippen molar-refractivity contribution in [2.24, 2.45) is 0 Å². The Morgan fingerprint density at radius 3 is 2.04 bits per heavy atom. The molecule has 0 saturated heterocycles. The number of rotatable bonds is 4. The van der Waals surface area contributed by atoms with Gasteiger partial charge in [0.1, 0.15) is 23.0 Å². The average Bonchev–Trinajstić information content (AvgIpc) is 2.44. The minimum absolute atomic E-state index is 0.294. The Hall–Kier alpha value is -2.75. The van der Waals surface area contributed by atoms with Crippen molar-refractivity contribution < 1.29 is 23.8 Å². The number of nitrogens with zero attached hydrogens (tertiary/aromatic N) is 1. The molecule has 0 aromatic heterocycles. The van der Waals surface area contributed by atoms with Crippen LogP contribution in [0.4, 0.5) is 9.59 Å². The fourth-order valence-electron chi connectivity index (χ4n) is 1.88. The van der Waals surface area contributed by atoms with E-state index in [1.807, 2.05) is 6.07 Å². The van der Waals surface area contributed by atoms with E-state index < -0.39 is 29.5 Å². The van der Waals surface area contributed by atoms with Gasteiger partial charge < -0.3 is 19.5 Å². The molecule has 0 bridgehead atoms. The van der Waals surface area contributed by atoms with Crippen LogP contribution in [0, 0.1) is 11.3 Å². The number of nitriles is 1. The van der Waals surface area contributed by atoms with Gasteiger partial charge in [0, 0.05) is 6.42 Å². The van der Waals surface area contributed by atoms with Crippen molar-refractivity contribution in [2.45, 2.75) is 65.2 Å². The van der Waals surface area contributed by atoms with Crippen LogP contribution in [-0.2, 0) is 15.9 Å². The molecule has 1 aromatic carbocycles. The molecule has 0 fully saturated rings. The topological polar surface area (TPSA) is 97.6 Å². The van der Waals surface area contributed by atoms with Gasteiger partial charge in [-0.1, -0.05) is 12.1 Å². The van der Waals surface area contributed by atoms with Gasteiger partial charge in [-0.2, -0.15) is 5.26 Å². The van der Waals surface area contributed by atoms with Gasteiger partial charge in [-0.3, -0.25) is 0 Å². The zero-order valence-electron chi connectivity index (χ0n) is 16.1. The molecule has 1 amide bonds. The molecule has 0 unspecified atom stereocenters. The summed E-state index contributed by atoms with van der Waals surface area (Å²) in [6.45, 7) is 10.5. The van der Waals surface area contributed by atoms with Crippen LogP contribution in [0.3, 0.4) is 0 Å². The van der Waals surface area contributed by atoms with E-state index in [0.29, 0.717) is 12.2 Å². The maximum absolute atomic E-state index is 11.8. The van der Waals surface area contributed by atoms with Crippen molar-refractivity contribution in [1.29, 1.82) is 5.26 Å². The highest BCUT2D eigenvalue weighted by atomic mass is 16.7. The van der Waals surface area contributed by atoms with E-state index in [1.54, 1.807) is 65.8 Å². The van der Waals surface area contributed by atoms with E-state index in [1.165, 1.54) is 0 Å². The molecule has 1 N–H and O–H groups in total. The Morgan fingerprint density at radius 1 is 1.04 bits per heavy atom. The summed E-state index contributed by atoms with van der Waals surface area (Å²) < 4.78 is 15.3. The van der Waals surface area contributed by atoms with E-state index in [0.717, 1.165) is 5.56 Å². The molecule has 0 aliphatic carbocycles. The fourth-order valence-corrected chi connectivity index (χ4v) is 1.88. The van der Waals surface area contributed by atoms with Crippen molar-refractivity contribution in [1.82, 2.24) is 5.32 Å². The lowest BCUT2D eigenvalue weighted by atomic mass is 10.1. The van der Waals surface area contributed by atoms with Gasteiger partial charge in [0.2, 0.25) is 0 Å². The minimum Gasteiger partial charge on any atom is -0.444 e. The Morgan fingerprint density at radius 2 is 1.58 bits per heavy atom. The highest BCUT2D eigenvalue weighted by molar-refractivity contribution is 5.68. The van der Waals surface area contributed by atoms with Gasteiger partial charge in [0.15, 0.2) is 0 Å². The number of alkyl carbamates (subject to hydrolysis) is 1. The first-order valence-corrected chi connectivity index (χ1v) is 8.27. The first-order valence-electron chi connectivity index (χ1n) is 8.27. The van der Waals surface area contributed by atoms with E-state index in [9.17, 15) is 14.9 Å². The summed E-state index contributed by atoms with van der Waals surface area (Å²) in [5.41, 5.74) is -0.473. The SMILES string of the molecule is CC(C)(C)OC(=O)N[C@H](C#N)Cc1ccc(OC(=O)OC(C)(C)C)cc1. The number of benzene rings is 1. The molecule has 0 aliphatic heterocycles. The van der Waals surface area contributed by atoms with Crippen molar-refractivity contribution in [3.8, 4) is 11.8 Å². The molecular formula is C19H26N2O5. The van der Waals surface area contributed by atoms with Gasteiger partial charge >= 0.3 is 12.2 Å². The standard InChI is InChI=1S/C19H26N2O5/c1-18(2,3)25-16(22)21-14(12-20)11-13-7-9-15(10-8-13)24-17(23)26-19(4,5)6/h7-10,14H,11H2,1-6H3,(H,21,22)/t14-/m0/s1. The van der Waals surface area contributed by atoms with Crippen LogP contribution >= 0.6 is 0 Å². The third-order valence-corrected chi connectivity index (χ3v) is 2.80. The van der Waals surface area contributed by atoms with Crippen LogP contribution in [0.2, 0.25) is 0 Å². The van der Waals surface area contributed by atoms with E-state index in [4.69, 9.17) is 14.2 Å². The van der Waals surface area contributed by atoms with Gasteiger partial charge in [0.25, 0.3) is 0 Å². The van der Waals surface area contributed by atoms with Gasteiger partial charge in [-0.15, -0.1) is 0 Å². The van der Waals surface area contributed by atoms with E-state index in [2.05, 4.69) is 5.32 Å². The summed E-state index contributed by atoms with van der Waals surface area (Å²) in [5, 5.41) is 11.7. The van der Waals surface area contributed by atoms with Crippen LogP contribution in [-0.4, -0.2) is 29.5 Å². The second-order valence-corrected chi connectivity index (χ2v) is 7.74. The van der Waals surface area contributed by atoms with Crippen molar-refractivity contribution in [2.75, 3.05) is 0 Å². The lowest BCUT2D eigenvalue weighted by Crippen LogP contribution is -2.39. The van der Waals surface area contributed by atoms with Gasteiger partial charge in [-0.05, 0) is 59.2 Å². The summed E-state index contributed by atoms with van der Waals surface area (Å²) in [5.74, 6) is 0.330. The third-order valence-electron chi connectivity index (χ3n) is 2.80. The number of carbonyl (C=O) groups excluding carboxylic acids is 2. The smallest absolute Gasteiger partial charge is 0.444 e. The number of ether oxygens (including phenoxy) is 3. The molecular weight excluding hydrogens is 336 g/mol. The van der Waals surface area contributed by atoms with E-state index in [-0.39, 0.29) is 0 Å². The van der Waals surface area contributed by atoms with Crippen LogP contribution in [0.15, 0.2) is 24.3 Å². The molecule has 0 heterocycles. The first kappa shape index (κ1) is 21.3. The normalized spacial score (nSPS) is 12.5. The number of nitrogens with one attached hydrogen (secondary N) is 1. The second-order valence-electron chi connectivity index (χ2n) is 7.74. The van der Waals surface area contributed by atoms with Crippen molar-refractivity contribution >= 4 is 12.2 Å². The maximum atomic E-state index is 11.8. The van der Waals surface area contributed by atoms with Crippen LogP contribution in [0.1, 0.15) is 47.1 Å². The summed E-state index contributed by atoms with van der Waals surface area (Å²) in [4.78, 5) is 23.4. The van der Waals surface area contributed by atoms with Crippen LogP contribution in [0.25, 0.3) is 0 Å². The molecule has 0 aliphatic rings. The average molecular weight is 362 g/mol.